The SMILES string of the molecule is CN(Cc1cccn1-c1ncccn1)CC1CCCN(CCc2ccc(Cl)cc2)C1. The second-order valence-electron chi connectivity index (χ2n) is 8.30. The fourth-order valence-corrected chi connectivity index (χ4v) is 4.51. The Morgan fingerprint density at radius 2 is 1.90 bits per heavy atom. The summed E-state index contributed by atoms with van der Waals surface area (Å²) in [6.45, 7) is 5.52. The zero-order valence-electron chi connectivity index (χ0n) is 17.6. The minimum atomic E-state index is 0.713. The normalized spacial score (nSPS) is 17.5. The van der Waals surface area contributed by atoms with E-state index in [9.17, 15) is 0 Å². The first-order chi connectivity index (χ1) is 14.7. The van der Waals surface area contributed by atoms with Gasteiger partial charge in [-0.05, 0) is 74.7 Å². The fraction of sp³-hybridized carbons (Fsp3) is 0.417. The average molecular weight is 424 g/mol. The van der Waals surface area contributed by atoms with Gasteiger partial charge < -0.3 is 9.80 Å². The van der Waals surface area contributed by atoms with E-state index in [1.165, 1.54) is 37.2 Å². The predicted octanol–water partition coefficient (Wildman–Crippen LogP) is 4.31. The van der Waals surface area contributed by atoms with Gasteiger partial charge in [0.05, 0.1) is 0 Å². The van der Waals surface area contributed by atoms with Crippen LogP contribution in [0.4, 0.5) is 0 Å². The van der Waals surface area contributed by atoms with Crippen molar-refractivity contribution in [3.63, 3.8) is 0 Å². The van der Waals surface area contributed by atoms with Gasteiger partial charge in [-0.2, -0.15) is 0 Å². The van der Waals surface area contributed by atoms with Gasteiger partial charge in [-0.15, -0.1) is 0 Å². The molecule has 4 rings (SSSR count). The summed E-state index contributed by atoms with van der Waals surface area (Å²) in [5.41, 5.74) is 2.58. The maximum atomic E-state index is 6.00. The largest absolute Gasteiger partial charge is 0.303 e. The molecular weight excluding hydrogens is 394 g/mol. The van der Waals surface area contributed by atoms with Gasteiger partial charge in [0.15, 0.2) is 0 Å². The van der Waals surface area contributed by atoms with Crippen LogP contribution in [0.15, 0.2) is 61.1 Å². The lowest BCUT2D eigenvalue weighted by Gasteiger charge is -2.34. The highest BCUT2D eigenvalue weighted by molar-refractivity contribution is 6.30. The number of benzene rings is 1. The minimum Gasteiger partial charge on any atom is -0.303 e. The van der Waals surface area contributed by atoms with Crippen LogP contribution in [0.3, 0.4) is 0 Å². The standard InChI is InChI=1S/C24H30ClN5/c1-28(19-23-6-3-15-30(23)24-26-12-4-13-27-24)17-21-5-2-14-29(18-21)16-11-20-7-9-22(25)10-8-20/h3-4,6-10,12-13,15,21H,2,5,11,14,16-19H2,1H3. The molecule has 1 aliphatic rings. The number of hydrogen-bond acceptors (Lipinski definition) is 4. The lowest BCUT2D eigenvalue weighted by atomic mass is 9.97. The molecule has 0 radical (unpaired) electrons. The summed E-state index contributed by atoms with van der Waals surface area (Å²) < 4.78 is 2.08. The summed E-state index contributed by atoms with van der Waals surface area (Å²) >= 11 is 6.00. The van der Waals surface area contributed by atoms with Crippen LogP contribution in [0.25, 0.3) is 5.95 Å². The highest BCUT2D eigenvalue weighted by Gasteiger charge is 2.21. The molecule has 0 N–H and O–H groups in total. The molecule has 3 heterocycles. The molecule has 1 unspecified atom stereocenters. The number of aromatic nitrogens is 3. The third kappa shape index (κ3) is 5.69. The summed E-state index contributed by atoms with van der Waals surface area (Å²) in [5.74, 6) is 1.45. The first kappa shape index (κ1) is 21.0. The summed E-state index contributed by atoms with van der Waals surface area (Å²) in [6.07, 6.45) is 9.30. The minimum absolute atomic E-state index is 0.713. The van der Waals surface area contributed by atoms with E-state index in [4.69, 9.17) is 11.6 Å². The van der Waals surface area contributed by atoms with Crippen LogP contribution in [0.1, 0.15) is 24.1 Å². The summed E-state index contributed by atoms with van der Waals surface area (Å²) in [5, 5.41) is 0.810. The number of hydrogen-bond donors (Lipinski definition) is 0. The van der Waals surface area contributed by atoms with Gasteiger partial charge in [0.2, 0.25) is 5.95 Å². The average Bonchev–Trinajstić information content (AvgIpc) is 3.22. The van der Waals surface area contributed by atoms with E-state index in [0.29, 0.717) is 5.92 Å². The lowest BCUT2D eigenvalue weighted by molar-refractivity contribution is 0.141. The molecule has 1 aromatic carbocycles. The Bertz CT molecular complexity index is 909. The van der Waals surface area contributed by atoms with Crippen LogP contribution >= 0.6 is 11.6 Å². The monoisotopic (exact) mass is 423 g/mol. The Hall–Kier alpha value is -2.21. The summed E-state index contributed by atoms with van der Waals surface area (Å²) in [7, 11) is 2.22. The van der Waals surface area contributed by atoms with Crippen LogP contribution in [0, 0.1) is 5.92 Å². The van der Waals surface area contributed by atoms with Crippen molar-refractivity contribution in [1.29, 1.82) is 0 Å². The van der Waals surface area contributed by atoms with Gasteiger partial charge in [-0.3, -0.25) is 4.57 Å². The van der Waals surface area contributed by atoms with Crippen molar-refractivity contribution in [1.82, 2.24) is 24.3 Å². The summed E-state index contributed by atoms with van der Waals surface area (Å²) in [6, 6.07) is 14.3. The molecule has 0 aliphatic carbocycles. The number of likely N-dealkylation sites (tertiary alicyclic amines) is 1. The van der Waals surface area contributed by atoms with E-state index in [2.05, 4.69) is 55.6 Å². The Kier molecular flexibility index (Phi) is 7.16. The van der Waals surface area contributed by atoms with E-state index in [-0.39, 0.29) is 0 Å². The number of rotatable bonds is 8. The smallest absolute Gasteiger partial charge is 0.233 e. The van der Waals surface area contributed by atoms with Gasteiger partial charge in [-0.25, -0.2) is 9.97 Å². The lowest BCUT2D eigenvalue weighted by Crippen LogP contribution is -2.40. The van der Waals surface area contributed by atoms with Crippen molar-refractivity contribution in [2.45, 2.75) is 25.8 Å². The molecule has 0 saturated carbocycles. The third-order valence-corrected chi connectivity index (χ3v) is 6.09. The molecule has 6 heteroatoms. The molecule has 0 spiro atoms. The van der Waals surface area contributed by atoms with E-state index >= 15 is 0 Å². The predicted molar refractivity (Wildman–Crippen MR) is 122 cm³/mol. The molecule has 1 fully saturated rings. The van der Waals surface area contributed by atoms with Gasteiger partial charge in [0.25, 0.3) is 0 Å². The Labute approximate surface area is 184 Å². The number of nitrogens with zero attached hydrogens (tertiary/aromatic N) is 5. The Morgan fingerprint density at radius 1 is 1.10 bits per heavy atom. The quantitative estimate of drug-likeness (QED) is 0.541. The van der Waals surface area contributed by atoms with Gasteiger partial charge >= 0.3 is 0 Å². The van der Waals surface area contributed by atoms with Gasteiger partial charge in [0.1, 0.15) is 0 Å². The fourth-order valence-electron chi connectivity index (χ4n) is 4.38. The van der Waals surface area contributed by atoms with E-state index in [1.54, 1.807) is 12.4 Å². The second-order valence-corrected chi connectivity index (χ2v) is 8.74. The molecule has 3 aromatic rings. The van der Waals surface area contributed by atoms with E-state index in [0.717, 1.165) is 37.0 Å². The van der Waals surface area contributed by atoms with Crippen LogP contribution in [0.2, 0.25) is 5.02 Å². The van der Waals surface area contributed by atoms with Crippen molar-refractivity contribution in [3.05, 3.63) is 77.3 Å². The second kappa shape index (κ2) is 10.2. The van der Waals surface area contributed by atoms with Crippen molar-refractivity contribution in [2.75, 3.05) is 33.2 Å². The maximum Gasteiger partial charge on any atom is 0.233 e. The maximum absolute atomic E-state index is 6.00. The van der Waals surface area contributed by atoms with Crippen LogP contribution in [-0.4, -0.2) is 57.6 Å². The van der Waals surface area contributed by atoms with Crippen molar-refractivity contribution >= 4 is 11.6 Å². The highest BCUT2D eigenvalue weighted by atomic mass is 35.5. The Morgan fingerprint density at radius 3 is 2.70 bits per heavy atom. The first-order valence-corrected chi connectivity index (χ1v) is 11.1. The van der Waals surface area contributed by atoms with Crippen molar-refractivity contribution in [3.8, 4) is 5.95 Å². The highest BCUT2D eigenvalue weighted by Crippen LogP contribution is 2.19. The van der Waals surface area contributed by atoms with Crippen molar-refractivity contribution in [2.24, 2.45) is 5.92 Å². The van der Waals surface area contributed by atoms with Gasteiger partial charge in [0, 0.05) is 55.5 Å². The van der Waals surface area contributed by atoms with E-state index in [1.807, 2.05) is 24.4 Å². The molecule has 0 bridgehead atoms. The molecule has 158 valence electrons. The van der Waals surface area contributed by atoms with Gasteiger partial charge in [-0.1, -0.05) is 23.7 Å². The molecule has 1 aliphatic heterocycles. The van der Waals surface area contributed by atoms with Crippen LogP contribution in [0.5, 0.6) is 0 Å². The zero-order valence-corrected chi connectivity index (χ0v) is 18.4. The molecule has 30 heavy (non-hydrogen) atoms. The third-order valence-electron chi connectivity index (χ3n) is 5.84. The zero-order chi connectivity index (χ0) is 20.8. The molecular formula is C24H30ClN5. The van der Waals surface area contributed by atoms with Crippen LogP contribution < -0.4 is 0 Å². The molecule has 1 atom stereocenters. The molecule has 2 aromatic heterocycles. The molecule has 1 saturated heterocycles. The number of halogens is 1. The molecule has 0 amide bonds. The first-order valence-electron chi connectivity index (χ1n) is 10.8. The molecule has 5 nitrogen and oxygen atoms in total. The number of piperidine rings is 1. The topological polar surface area (TPSA) is 37.2 Å². The van der Waals surface area contributed by atoms with E-state index < -0.39 is 0 Å². The Balaban J connectivity index is 1.28. The van der Waals surface area contributed by atoms with Crippen LogP contribution in [-0.2, 0) is 13.0 Å². The van der Waals surface area contributed by atoms with Crippen molar-refractivity contribution < 1.29 is 0 Å². The summed E-state index contributed by atoms with van der Waals surface area (Å²) in [4.78, 5) is 13.8.